The maximum atomic E-state index is 13.3. The fraction of sp³-hybridized carbons (Fsp3) is 0.167. The van der Waals surface area contributed by atoms with Crippen molar-refractivity contribution in [2.24, 2.45) is 0 Å². The van der Waals surface area contributed by atoms with Gasteiger partial charge in [0, 0.05) is 0 Å². The first kappa shape index (κ1) is 11.0. The van der Waals surface area contributed by atoms with E-state index in [4.69, 9.17) is 10.2 Å². The summed E-state index contributed by atoms with van der Waals surface area (Å²) in [4.78, 5) is 0. The SMILES string of the molecule is OC1(O)C=CC(c2cccc(F)c2)=CC1F. The van der Waals surface area contributed by atoms with Crippen LogP contribution in [-0.4, -0.2) is 22.2 Å². The molecule has 16 heavy (non-hydrogen) atoms. The van der Waals surface area contributed by atoms with Gasteiger partial charge in [0.15, 0.2) is 6.17 Å². The Balaban J connectivity index is 2.35. The van der Waals surface area contributed by atoms with E-state index in [2.05, 4.69) is 0 Å². The highest BCUT2D eigenvalue weighted by atomic mass is 19.1. The number of allylic oxidation sites excluding steroid dienone is 2. The number of halogens is 2. The average Bonchev–Trinajstić information content (AvgIpc) is 2.22. The van der Waals surface area contributed by atoms with Gasteiger partial charge in [-0.25, -0.2) is 8.78 Å². The predicted octanol–water partition coefficient (Wildman–Crippen LogP) is 1.80. The molecule has 2 N–H and O–H groups in total. The summed E-state index contributed by atoms with van der Waals surface area (Å²) < 4.78 is 26.2. The van der Waals surface area contributed by atoms with Crippen molar-refractivity contribution in [2.45, 2.75) is 12.0 Å². The molecule has 1 atom stereocenters. The van der Waals surface area contributed by atoms with Gasteiger partial charge in [0.2, 0.25) is 5.79 Å². The average molecular weight is 224 g/mol. The van der Waals surface area contributed by atoms with Gasteiger partial charge in [0.1, 0.15) is 5.82 Å². The highest BCUT2D eigenvalue weighted by Gasteiger charge is 2.33. The fourth-order valence-corrected chi connectivity index (χ4v) is 1.50. The fourth-order valence-electron chi connectivity index (χ4n) is 1.50. The van der Waals surface area contributed by atoms with Gasteiger partial charge in [-0.05, 0) is 35.4 Å². The number of hydrogen-bond acceptors (Lipinski definition) is 2. The van der Waals surface area contributed by atoms with Gasteiger partial charge in [-0.15, -0.1) is 0 Å². The third kappa shape index (κ3) is 2.03. The van der Waals surface area contributed by atoms with Crippen LogP contribution in [0.5, 0.6) is 0 Å². The van der Waals surface area contributed by atoms with Crippen LogP contribution >= 0.6 is 0 Å². The molecule has 1 aromatic rings. The van der Waals surface area contributed by atoms with E-state index in [9.17, 15) is 8.78 Å². The predicted molar refractivity (Wildman–Crippen MR) is 55.6 cm³/mol. The summed E-state index contributed by atoms with van der Waals surface area (Å²) in [7, 11) is 0. The topological polar surface area (TPSA) is 40.5 Å². The molecule has 0 radical (unpaired) electrons. The van der Waals surface area contributed by atoms with Crippen LogP contribution in [0.1, 0.15) is 5.56 Å². The number of hydrogen-bond donors (Lipinski definition) is 2. The molecule has 0 saturated heterocycles. The minimum Gasteiger partial charge on any atom is -0.360 e. The summed E-state index contributed by atoms with van der Waals surface area (Å²) in [5, 5.41) is 18.3. The monoisotopic (exact) mass is 224 g/mol. The standard InChI is InChI=1S/C12H10F2O2/c13-10-3-1-2-8(6-10)9-4-5-12(15,16)11(14)7-9/h1-7,11,15-16H. The van der Waals surface area contributed by atoms with Crippen LogP contribution in [0.15, 0.2) is 42.5 Å². The van der Waals surface area contributed by atoms with Crippen LogP contribution in [0.25, 0.3) is 5.57 Å². The largest absolute Gasteiger partial charge is 0.360 e. The highest BCUT2D eigenvalue weighted by Crippen LogP contribution is 2.27. The molecular weight excluding hydrogens is 214 g/mol. The molecule has 0 fully saturated rings. The van der Waals surface area contributed by atoms with Crippen molar-refractivity contribution in [3.8, 4) is 0 Å². The molecule has 0 amide bonds. The summed E-state index contributed by atoms with van der Waals surface area (Å²) in [5.41, 5.74) is 0.917. The van der Waals surface area contributed by atoms with Crippen LogP contribution < -0.4 is 0 Å². The Morgan fingerprint density at radius 3 is 2.62 bits per heavy atom. The second kappa shape index (κ2) is 3.81. The number of alkyl halides is 1. The molecule has 2 rings (SSSR count). The van der Waals surface area contributed by atoms with Crippen molar-refractivity contribution in [3.05, 3.63) is 53.9 Å². The molecule has 1 aliphatic rings. The molecule has 1 unspecified atom stereocenters. The Labute approximate surface area is 91.2 Å². The normalized spacial score (nSPS) is 23.0. The van der Waals surface area contributed by atoms with Crippen molar-refractivity contribution in [2.75, 3.05) is 0 Å². The molecule has 84 valence electrons. The second-order valence-electron chi connectivity index (χ2n) is 3.65. The van der Waals surface area contributed by atoms with Crippen LogP contribution in [0.2, 0.25) is 0 Å². The molecule has 0 heterocycles. The zero-order valence-corrected chi connectivity index (χ0v) is 8.27. The van der Waals surface area contributed by atoms with Gasteiger partial charge in [-0.2, -0.15) is 0 Å². The smallest absolute Gasteiger partial charge is 0.219 e. The van der Waals surface area contributed by atoms with E-state index in [0.29, 0.717) is 11.1 Å². The van der Waals surface area contributed by atoms with E-state index < -0.39 is 17.8 Å². The zero-order valence-electron chi connectivity index (χ0n) is 8.27. The molecule has 0 spiro atoms. The highest BCUT2D eigenvalue weighted by molar-refractivity contribution is 5.75. The van der Waals surface area contributed by atoms with Gasteiger partial charge in [-0.1, -0.05) is 18.2 Å². The summed E-state index contributed by atoms with van der Waals surface area (Å²) >= 11 is 0. The van der Waals surface area contributed by atoms with Crippen LogP contribution in [0, 0.1) is 5.82 Å². The second-order valence-corrected chi connectivity index (χ2v) is 3.65. The molecule has 0 aromatic heterocycles. The first-order valence-corrected chi connectivity index (χ1v) is 4.75. The Morgan fingerprint density at radius 2 is 2.00 bits per heavy atom. The van der Waals surface area contributed by atoms with Crippen LogP contribution in [0.3, 0.4) is 0 Å². The van der Waals surface area contributed by atoms with Crippen LogP contribution in [0.4, 0.5) is 8.78 Å². The molecule has 0 aliphatic heterocycles. The first-order valence-electron chi connectivity index (χ1n) is 4.75. The maximum absolute atomic E-state index is 13.3. The molecule has 1 aliphatic carbocycles. The molecular formula is C12H10F2O2. The van der Waals surface area contributed by atoms with Crippen molar-refractivity contribution < 1.29 is 19.0 Å². The Kier molecular flexibility index (Phi) is 2.61. The lowest BCUT2D eigenvalue weighted by molar-refractivity contribution is -0.153. The molecule has 2 nitrogen and oxygen atoms in total. The van der Waals surface area contributed by atoms with Crippen molar-refractivity contribution in [3.63, 3.8) is 0 Å². The molecule has 4 heteroatoms. The minimum atomic E-state index is -2.48. The van der Waals surface area contributed by atoms with E-state index in [-0.39, 0.29) is 0 Å². The minimum absolute atomic E-state index is 0.422. The van der Waals surface area contributed by atoms with E-state index in [0.717, 1.165) is 12.2 Å². The van der Waals surface area contributed by atoms with E-state index in [1.54, 1.807) is 6.07 Å². The summed E-state index contributed by atoms with van der Waals surface area (Å²) in [6.45, 7) is 0. The third-order valence-corrected chi connectivity index (χ3v) is 2.40. The lowest BCUT2D eigenvalue weighted by atomic mass is 9.95. The Bertz CT molecular complexity index is 464. The molecule has 0 saturated carbocycles. The Morgan fingerprint density at radius 1 is 1.25 bits per heavy atom. The van der Waals surface area contributed by atoms with Gasteiger partial charge in [0.05, 0.1) is 0 Å². The molecule has 1 aromatic carbocycles. The van der Waals surface area contributed by atoms with Crippen LogP contribution in [-0.2, 0) is 0 Å². The quantitative estimate of drug-likeness (QED) is 0.714. The zero-order chi connectivity index (χ0) is 11.8. The van der Waals surface area contributed by atoms with Crippen molar-refractivity contribution in [1.82, 2.24) is 0 Å². The van der Waals surface area contributed by atoms with E-state index in [1.807, 2.05) is 0 Å². The van der Waals surface area contributed by atoms with E-state index in [1.165, 1.54) is 24.3 Å². The third-order valence-electron chi connectivity index (χ3n) is 2.40. The summed E-state index contributed by atoms with van der Waals surface area (Å²) in [6.07, 6.45) is 1.42. The number of rotatable bonds is 1. The Hall–Kier alpha value is -1.52. The summed E-state index contributed by atoms with van der Waals surface area (Å²) in [6, 6.07) is 5.66. The van der Waals surface area contributed by atoms with E-state index >= 15 is 0 Å². The van der Waals surface area contributed by atoms with Gasteiger partial charge >= 0.3 is 0 Å². The van der Waals surface area contributed by atoms with Gasteiger partial charge in [0.25, 0.3) is 0 Å². The van der Waals surface area contributed by atoms with Crippen molar-refractivity contribution in [1.29, 1.82) is 0 Å². The first-order chi connectivity index (χ1) is 7.49. The number of benzene rings is 1. The molecule has 0 bridgehead atoms. The van der Waals surface area contributed by atoms with Gasteiger partial charge < -0.3 is 10.2 Å². The lowest BCUT2D eigenvalue weighted by Gasteiger charge is -2.24. The maximum Gasteiger partial charge on any atom is 0.219 e. The van der Waals surface area contributed by atoms with Crippen molar-refractivity contribution >= 4 is 5.57 Å². The summed E-state index contributed by atoms with van der Waals surface area (Å²) in [5.74, 6) is -2.90. The van der Waals surface area contributed by atoms with Gasteiger partial charge in [-0.3, -0.25) is 0 Å². The number of aliphatic hydroxyl groups is 2. The lowest BCUT2D eigenvalue weighted by Crippen LogP contribution is -2.37.